The second-order valence-corrected chi connectivity index (χ2v) is 10.4. The van der Waals surface area contributed by atoms with Crippen LogP contribution in [-0.4, -0.2) is 55.1 Å². The number of nitrogens with one attached hydrogen (secondary N) is 1. The molecule has 9 nitrogen and oxygen atoms in total. The van der Waals surface area contributed by atoms with Gasteiger partial charge in [-0.2, -0.15) is 0 Å². The fourth-order valence-electron chi connectivity index (χ4n) is 5.73. The van der Waals surface area contributed by atoms with E-state index in [0.717, 1.165) is 44.3 Å². The topological polar surface area (TPSA) is 131 Å². The molecule has 2 fully saturated rings. The van der Waals surface area contributed by atoms with Crippen molar-refractivity contribution in [3.8, 4) is 0 Å². The highest BCUT2D eigenvalue weighted by molar-refractivity contribution is 9.10. The maximum atomic E-state index is 11.2. The molecule has 182 valence electrons. The van der Waals surface area contributed by atoms with Gasteiger partial charge in [-0.05, 0) is 59.5 Å². The zero-order valence-electron chi connectivity index (χ0n) is 19.2. The highest BCUT2D eigenvalue weighted by atomic mass is 79.9. The molecule has 3 aromatic heterocycles. The molecule has 5 atom stereocenters. The van der Waals surface area contributed by atoms with Crippen molar-refractivity contribution in [1.29, 1.82) is 0 Å². The van der Waals surface area contributed by atoms with Gasteiger partial charge in [-0.15, -0.1) is 0 Å². The first kappa shape index (κ1) is 22.7. The minimum atomic E-state index is -0.930. The van der Waals surface area contributed by atoms with E-state index in [0.29, 0.717) is 25.3 Å². The number of aliphatic hydroxyl groups is 2. The van der Waals surface area contributed by atoms with Crippen LogP contribution in [0.3, 0.4) is 0 Å². The summed E-state index contributed by atoms with van der Waals surface area (Å²) in [6.07, 6.45) is 2.60. The van der Waals surface area contributed by atoms with Crippen molar-refractivity contribution in [2.24, 2.45) is 5.41 Å². The third-order valence-corrected chi connectivity index (χ3v) is 8.16. The van der Waals surface area contributed by atoms with E-state index in [9.17, 15) is 10.2 Å². The summed E-state index contributed by atoms with van der Waals surface area (Å²) in [7, 11) is 0. The fourth-order valence-corrected chi connectivity index (χ4v) is 6.07. The van der Waals surface area contributed by atoms with Crippen molar-refractivity contribution in [2.75, 3.05) is 24.2 Å². The van der Waals surface area contributed by atoms with Crippen molar-refractivity contribution in [2.45, 2.75) is 44.1 Å². The average molecular weight is 539 g/mol. The molecule has 10 heteroatoms. The molecule has 35 heavy (non-hydrogen) atoms. The zero-order valence-corrected chi connectivity index (χ0v) is 20.8. The van der Waals surface area contributed by atoms with Crippen LogP contribution in [0.15, 0.2) is 47.3 Å². The van der Waals surface area contributed by atoms with E-state index in [2.05, 4.69) is 36.2 Å². The van der Waals surface area contributed by atoms with Crippen molar-refractivity contribution >= 4 is 49.5 Å². The number of anilines is 2. The number of rotatable bonds is 4. The van der Waals surface area contributed by atoms with Gasteiger partial charge in [0.25, 0.3) is 0 Å². The summed E-state index contributed by atoms with van der Waals surface area (Å²) in [4.78, 5) is 13.3. The minimum absolute atomic E-state index is 0.198. The zero-order chi connectivity index (χ0) is 24.3. The van der Waals surface area contributed by atoms with E-state index in [1.807, 2.05) is 48.0 Å². The molecule has 0 radical (unpaired) electrons. The summed E-state index contributed by atoms with van der Waals surface area (Å²) in [5, 5.41) is 27.5. The van der Waals surface area contributed by atoms with Crippen LogP contribution in [0.2, 0.25) is 0 Å². The Morgan fingerprint density at radius 3 is 2.91 bits per heavy atom. The Morgan fingerprint density at radius 2 is 2.09 bits per heavy atom. The molecule has 1 spiro atoms. The first-order valence-corrected chi connectivity index (χ1v) is 12.6. The number of hydrogen-bond acceptors (Lipinski definition) is 8. The number of nitrogens with zero attached hydrogens (tertiary/aromatic N) is 4. The lowest BCUT2D eigenvalue weighted by atomic mass is 9.80. The third-order valence-electron chi connectivity index (χ3n) is 7.53. The summed E-state index contributed by atoms with van der Waals surface area (Å²) in [5.74, 6) is 1.21. The van der Waals surface area contributed by atoms with Crippen LogP contribution in [0.5, 0.6) is 0 Å². The summed E-state index contributed by atoms with van der Waals surface area (Å²) in [6, 6.07) is 9.63. The van der Waals surface area contributed by atoms with Crippen LogP contribution in [0.1, 0.15) is 37.5 Å². The third kappa shape index (κ3) is 3.58. The van der Waals surface area contributed by atoms with Gasteiger partial charge >= 0.3 is 0 Å². The molecule has 5 N–H and O–H groups in total. The normalized spacial score (nSPS) is 28.5. The standard InChI is InChI=1S/C25H27BrN6O3/c1-2-28-23-15-5-6-32(24(15)30-12-29-23)18-9-25(21(34)20(18)33)10-19(35-11-25)14-4-3-13-7-16(26)22(27)31-17(13)8-14/h3-8,12,18-21,33-34H,2,9-11H2,1H3,(H2,27,31)(H,28,29,30)/t18-,19+,20+,21+,25-/m1/s1. The quantitative estimate of drug-likeness (QED) is 0.310. The van der Waals surface area contributed by atoms with Gasteiger partial charge in [0.1, 0.15) is 29.7 Å². The summed E-state index contributed by atoms with van der Waals surface area (Å²) in [6.45, 7) is 3.14. The molecule has 0 unspecified atom stereocenters. The van der Waals surface area contributed by atoms with E-state index in [1.54, 1.807) is 0 Å². The van der Waals surface area contributed by atoms with Crippen molar-refractivity contribution in [3.05, 3.63) is 52.9 Å². The number of aliphatic hydroxyl groups excluding tert-OH is 2. The first-order chi connectivity index (χ1) is 16.9. The Hall–Kier alpha value is -2.79. The van der Waals surface area contributed by atoms with Gasteiger partial charge in [-0.1, -0.05) is 12.1 Å². The molecule has 1 saturated heterocycles. The maximum absolute atomic E-state index is 11.2. The molecule has 6 rings (SSSR count). The van der Waals surface area contributed by atoms with Crippen LogP contribution in [0.25, 0.3) is 21.9 Å². The Labute approximate surface area is 210 Å². The monoisotopic (exact) mass is 538 g/mol. The Bertz CT molecular complexity index is 1430. The van der Waals surface area contributed by atoms with Gasteiger partial charge < -0.3 is 30.6 Å². The van der Waals surface area contributed by atoms with Crippen molar-refractivity contribution in [3.63, 3.8) is 0 Å². The van der Waals surface area contributed by atoms with Crippen molar-refractivity contribution in [1.82, 2.24) is 19.5 Å². The molecule has 0 bridgehead atoms. The predicted octanol–water partition coefficient (Wildman–Crippen LogP) is 3.57. The Balaban J connectivity index is 1.29. The first-order valence-electron chi connectivity index (χ1n) is 11.8. The van der Waals surface area contributed by atoms with Crippen LogP contribution < -0.4 is 11.1 Å². The van der Waals surface area contributed by atoms with Crippen LogP contribution in [0, 0.1) is 5.41 Å². The van der Waals surface area contributed by atoms with Gasteiger partial charge in [0, 0.05) is 23.5 Å². The lowest BCUT2D eigenvalue weighted by molar-refractivity contribution is -0.0309. The summed E-state index contributed by atoms with van der Waals surface area (Å²) < 4.78 is 8.95. The lowest BCUT2D eigenvalue weighted by Gasteiger charge is -2.26. The highest BCUT2D eigenvalue weighted by Gasteiger charge is 2.57. The molecule has 4 heterocycles. The number of aromatic nitrogens is 4. The lowest BCUT2D eigenvalue weighted by Crippen LogP contribution is -2.37. The van der Waals surface area contributed by atoms with Gasteiger partial charge in [0.2, 0.25) is 0 Å². The predicted molar refractivity (Wildman–Crippen MR) is 137 cm³/mol. The minimum Gasteiger partial charge on any atom is -0.390 e. The van der Waals surface area contributed by atoms with E-state index < -0.39 is 17.6 Å². The van der Waals surface area contributed by atoms with E-state index >= 15 is 0 Å². The largest absolute Gasteiger partial charge is 0.390 e. The number of benzene rings is 1. The van der Waals surface area contributed by atoms with Gasteiger partial charge in [-0.3, -0.25) is 0 Å². The molecule has 1 aromatic carbocycles. The number of pyridine rings is 1. The number of hydrogen-bond donors (Lipinski definition) is 4. The number of fused-ring (bicyclic) bond motifs is 2. The van der Waals surface area contributed by atoms with Gasteiger partial charge in [-0.25, -0.2) is 15.0 Å². The second kappa shape index (κ2) is 8.41. The second-order valence-electron chi connectivity index (χ2n) is 9.59. The van der Waals surface area contributed by atoms with E-state index in [-0.39, 0.29) is 12.1 Å². The van der Waals surface area contributed by atoms with Crippen LogP contribution in [-0.2, 0) is 4.74 Å². The summed E-state index contributed by atoms with van der Waals surface area (Å²) >= 11 is 3.43. The molecule has 1 aliphatic carbocycles. The van der Waals surface area contributed by atoms with E-state index in [1.165, 1.54) is 6.33 Å². The van der Waals surface area contributed by atoms with E-state index in [4.69, 9.17) is 10.5 Å². The smallest absolute Gasteiger partial charge is 0.145 e. The SMILES string of the molecule is CCNc1ncnc2c1ccn2[C@@H]1C[C@@]2(CO[C@H](c3ccc4cc(Br)c(N)nc4c3)C2)[C@@H](O)[C@H]1O. The number of nitrogen functional groups attached to an aromatic ring is 1. The number of halogens is 1. The molecule has 1 aliphatic heterocycles. The average Bonchev–Trinajstić information content (AvgIpc) is 3.54. The number of nitrogens with two attached hydrogens (primary N) is 1. The maximum Gasteiger partial charge on any atom is 0.145 e. The molecule has 4 aromatic rings. The fraction of sp³-hybridized carbons (Fsp3) is 0.400. The van der Waals surface area contributed by atoms with Crippen molar-refractivity contribution < 1.29 is 14.9 Å². The molecule has 2 aliphatic rings. The molecular weight excluding hydrogens is 512 g/mol. The number of ether oxygens (including phenoxy) is 1. The Morgan fingerprint density at radius 1 is 1.23 bits per heavy atom. The highest BCUT2D eigenvalue weighted by Crippen LogP contribution is 2.55. The molecule has 1 saturated carbocycles. The Kier molecular flexibility index (Phi) is 5.44. The van der Waals surface area contributed by atoms with Gasteiger partial charge in [0.15, 0.2) is 0 Å². The van der Waals surface area contributed by atoms with Crippen LogP contribution >= 0.6 is 15.9 Å². The molecular formula is C25H27BrN6O3. The summed E-state index contributed by atoms with van der Waals surface area (Å²) in [5.41, 5.74) is 7.96. The van der Waals surface area contributed by atoms with Gasteiger partial charge in [0.05, 0.1) is 40.2 Å². The molecule has 0 amide bonds. The van der Waals surface area contributed by atoms with Crippen LogP contribution in [0.4, 0.5) is 11.6 Å².